The Labute approximate surface area is 135 Å². The van der Waals surface area contributed by atoms with Crippen molar-refractivity contribution < 1.29 is 9.53 Å². The fourth-order valence-electron chi connectivity index (χ4n) is 3.22. The molecule has 1 amide bonds. The van der Waals surface area contributed by atoms with Crippen LogP contribution in [0.25, 0.3) is 0 Å². The van der Waals surface area contributed by atoms with Crippen LogP contribution in [-0.2, 0) is 9.53 Å². The van der Waals surface area contributed by atoms with Crippen LogP contribution in [0.1, 0.15) is 58.8 Å². The Bertz CT molecular complexity index is 323. The van der Waals surface area contributed by atoms with E-state index < -0.39 is 0 Å². The summed E-state index contributed by atoms with van der Waals surface area (Å²) in [4.78, 5) is 12.3. The van der Waals surface area contributed by atoms with E-state index in [9.17, 15) is 4.79 Å². The zero-order valence-electron chi connectivity index (χ0n) is 13.3. The topological polar surface area (TPSA) is 64.3 Å². The Morgan fingerprint density at radius 2 is 2.05 bits per heavy atom. The SMILES string of the molecule is CCC(OC1CCCC(C)C1)C(=O)NC(CN)C1CC1.Cl. The van der Waals surface area contributed by atoms with Gasteiger partial charge in [-0.25, -0.2) is 0 Å². The Morgan fingerprint density at radius 1 is 1.33 bits per heavy atom. The standard InChI is InChI=1S/C16H30N2O2.ClH/c1-3-15(20-13-6-4-5-11(2)9-13)16(19)18-14(10-17)12-7-8-12;/h11-15H,3-10,17H2,1-2H3,(H,18,19);1H. The molecule has 0 aromatic carbocycles. The number of nitrogens with two attached hydrogens (primary N) is 1. The highest BCUT2D eigenvalue weighted by molar-refractivity contribution is 5.85. The van der Waals surface area contributed by atoms with E-state index in [1.54, 1.807) is 0 Å². The van der Waals surface area contributed by atoms with Crippen molar-refractivity contribution in [3.63, 3.8) is 0 Å². The molecule has 3 N–H and O–H groups in total. The first kappa shape index (κ1) is 18.7. The number of hydrogen-bond donors (Lipinski definition) is 2. The van der Waals surface area contributed by atoms with Crippen LogP contribution in [-0.4, -0.2) is 30.7 Å². The van der Waals surface area contributed by atoms with Gasteiger partial charge in [-0.3, -0.25) is 4.79 Å². The molecule has 2 fully saturated rings. The molecule has 5 heteroatoms. The Hall–Kier alpha value is -0.320. The minimum atomic E-state index is -0.307. The van der Waals surface area contributed by atoms with Gasteiger partial charge in [0.05, 0.1) is 6.10 Å². The third-order valence-electron chi connectivity index (χ3n) is 4.68. The van der Waals surface area contributed by atoms with Gasteiger partial charge in [0.25, 0.3) is 0 Å². The van der Waals surface area contributed by atoms with Crippen molar-refractivity contribution in [1.82, 2.24) is 5.32 Å². The van der Waals surface area contributed by atoms with Crippen LogP contribution in [0.4, 0.5) is 0 Å². The summed E-state index contributed by atoms with van der Waals surface area (Å²) in [6, 6.07) is 0.144. The van der Waals surface area contributed by atoms with E-state index in [4.69, 9.17) is 10.5 Å². The third-order valence-corrected chi connectivity index (χ3v) is 4.68. The number of ether oxygens (including phenoxy) is 1. The third kappa shape index (κ3) is 5.76. The van der Waals surface area contributed by atoms with Gasteiger partial charge in [0.15, 0.2) is 0 Å². The maximum atomic E-state index is 12.3. The molecule has 0 heterocycles. The monoisotopic (exact) mass is 318 g/mol. The second-order valence-electron chi connectivity index (χ2n) is 6.61. The molecule has 0 radical (unpaired) electrons. The van der Waals surface area contributed by atoms with Crippen molar-refractivity contribution in [3.8, 4) is 0 Å². The van der Waals surface area contributed by atoms with Gasteiger partial charge in [-0.05, 0) is 43.9 Å². The number of carbonyl (C=O) groups excluding carboxylic acids is 1. The quantitative estimate of drug-likeness (QED) is 0.758. The zero-order chi connectivity index (χ0) is 14.5. The second kappa shape index (κ2) is 8.96. The van der Waals surface area contributed by atoms with Crippen LogP contribution >= 0.6 is 12.4 Å². The number of halogens is 1. The van der Waals surface area contributed by atoms with Gasteiger partial charge in [-0.2, -0.15) is 0 Å². The summed E-state index contributed by atoms with van der Waals surface area (Å²) in [6.07, 6.45) is 7.77. The number of amides is 1. The van der Waals surface area contributed by atoms with Crippen LogP contribution in [0.2, 0.25) is 0 Å². The highest BCUT2D eigenvalue weighted by atomic mass is 35.5. The maximum absolute atomic E-state index is 12.3. The van der Waals surface area contributed by atoms with Gasteiger partial charge in [0, 0.05) is 12.6 Å². The maximum Gasteiger partial charge on any atom is 0.249 e. The summed E-state index contributed by atoms with van der Waals surface area (Å²) in [5.74, 6) is 1.35. The summed E-state index contributed by atoms with van der Waals surface area (Å²) in [7, 11) is 0. The molecule has 0 bridgehead atoms. The summed E-state index contributed by atoms with van der Waals surface area (Å²) in [6.45, 7) is 4.83. The zero-order valence-corrected chi connectivity index (χ0v) is 14.2. The van der Waals surface area contributed by atoms with Crippen LogP contribution in [0, 0.1) is 11.8 Å². The number of carbonyl (C=O) groups is 1. The van der Waals surface area contributed by atoms with Gasteiger partial charge < -0.3 is 15.8 Å². The minimum Gasteiger partial charge on any atom is -0.365 e. The average molecular weight is 319 g/mol. The lowest BCUT2D eigenvalue weighted by atomic mass is 9.88. The fourth-order valence-corrected chi connectivity index (χ4v) is 3.22. The lowest BCUT2D eigenvalue weighted by molar-refractivity contribution is -0.139. The van der Waals surface area contributed by atoms with E-state index in [0.29, 0.717) is 12.5 Å². The van der Waals surface area contributed by atoms with Crippen molar-refractivity contribution in [1.29, 1.82) is 0 Å². The van der Waals surface area contributed by atoms with E-state index in [0.717, 1.165) is 25.2 Å². The molecule has 2 aliphatic rings. The summed E-state index contributed by atoms with van der Waals surface area (Å²) >= 11 is 0. The van der Waals surface area contributed by atoms with Crippen molar-refractivity contribution in [2.75, 3.05) is 6.54 Å². The molecule has 0 saturated heterocycles. The first-order valence-electron chi connectivity index (χ1n) is 8.29. The van der Waals surface area contributed by atoms with Gasteiger partial charge >= 0.3 is 0 Å². The highest BCUT2D eigenvalue weighted by Gasteiger charge is 2.33. The van der Waals surface area contributed by atoms with Crippen molar-refractivity contribution in [3.05, 3.63) is 0 Å². The fraction of sp³-hybridized carbons (Fsp3) is 0.938. The molecule has 2 aliphatic carbocycles. The number of rotatable bonds is 7. The van der Waals surface area contributed by atoms with Crippen molar-refractivity contribution >= 4 is 18.3 Å². The van der Waals surface area contributed by atoms with Crippen LogP contribution in [0.5, 0.6) is 0 Å². The van der Waals surface area contributed by atoms with E-state index in [1.165, 1.54) is 25.7 Å². The molecule has 0 aliphatic heterocycles. The minimum absolute atomic E-state index is 0. The molecule has 0 aromatic rings. The predicted octanol–water partition coefficient (Wildman–Crippen LogP) is 2.64. The molecule has 21 heavy (non-hydrogen) atoms. The summed E-state index contributed by atoms with van der Waals surface area (Å²) < 4.78 is 6.07. The molecule has 2 saturated carbocycles. The summed E-state index contributed by atoms with van der Waals surface area (Å²) in [5, 5.41) is 3.09. The largest absolute Gasteiger partial charge is 0.365 e. The highest BCUT2D eigenvalue weighted by Crippen LogP contribution is 2.32. The van der Waals surface area contributed by atoms with Gasteiger partial charge in [0.1, 0.15) is 6.10 Å². The predicted molar refractivity (Wildman–Crippen MR) is 87.5 cm³/mol. The Kier molecular flexibility index (Phi) is 7.99. The van der Waals surface area contributed by atoms with Gasteiger partial charge in [-0.15, -0.1) is 12.4 Å². The molecule has 4 unspecified atom stereocenters. The second-order valence-corrected chi connectivity index (χ2v) is 6.61. The average Bonchev–Trinajstić information content (AvgIpc) is 3.26. The van der Waals surface area contributed by atoms with Crippen LogP contribution in [0.3, 0.4) is 0 Å². The van der Waals surface area contributed by atoms with E-state index >= 15 is 0 Å². The molecule has 4 nitrogen and oxygen atoms in total. The number of nitrogens with one attached hydrogen (secondary N) is 1. The number of hydrogen-bond acceptors (Lipinski definition) is 3. The smallest absolute Gasteiger partial charge is 0.249 e. The summed E-state index contributed by atoms with van der Waals surface area (Å²) in [5.41, 5.74) is 5.75. The first-order chi connectivity index (χ1) is 9.63. The molecular formula is C16H31ClN2O2. The lowest BCUT2D eigenvalue weighted by Gasteiger charge is -2.30. The van der Waals surface area contributed by atoms with E-state index in [1.807, 2.05) is 6.92 Å². The molecular weight excluding hydrogens is 288 g/mol. The van der Waals surface area contributed by atoms with Crippen LogP contribution in [0.15, 0.2) is 0 Å². The van der Waals surface area contributed by atoms with Crippen molar-refractivity contribution in [2.24, 2.45) is 17.6 Å². The molecule has 2 rings (SSSR count). The van der Waals surface area contributed by atoms with E-state index in [-0.39, 0.29) is 36.6 Å². The first-order valence-corrected chi connectivity index (χ1v) is 8.29. The Morgan fingerprint density at radius 3 is 2.57 bits per heavy atom. The van der Waals surface area contributed by atoms with Crippen molar-refractivity contribution in [2.45, 2.75) is 77.0 Å². The molecule has 124 valence electrons. The lowest BCUT2D eigenvalue weighted by Crippen LogP contribution is -2.47. The van der Waals surface area contributed by atoms with Gasteiger partial charge in [-0.1, -0.05) is 26.7 Å². The van der Waals surface area contributed by atoms with E-state index in [2.05, 4.69) is 12.2 Å². The normalized spacial score (nSPS) is 28.3. The van der Waals surface area contributed by atoms with Crippen LogP contribution < -0.4 is 11.1 Å². The molecule has 0 aromatic heterocycles. The molecule has 0 spiro atoms. The van der Waals surface area contributed by atoms with Gasteiger partial charge in [0.2, 0.25) is 5.91 Å². The Balaban J connectivity index is 0.00000220. The molecule has 4 atom stereocenters.